The molecule has 0 N–H and O–H groups in total. The van der Waals surface area contributed by atoms with E-state index >= 15 is 0 Å². The molecule has 1 saturated carbocycles. The number of hydrogen-bond donors (Lipinski definition) is 0. The Balaban J connectivity index is 2.55. The van der Waals surface area contributed by atoms with Crippen molar-refractivity contribution in [3.8, 4) is 0 Å². The zero-order chi connectivity index (χ0) is 13.7. The molecule has 0 bridgehead atoms. The van der Waals surface area contributed by atoms with Crippen molar-refractivity contribution in [2.24, 2.45) is 23.7 Å². The Bertz CT molecular complexity index is 264. The summed E-state index contributed by atoms with van der Waals surface area (Å²) in [7, 11) is 0. The predicted molar refractivity (Wildman–Crippen MR) is 77.6 cm³/mol. The molecular formula is C16H31NO. The van der Waals surface area contributed by atoms with Gasteiger partial charge in [0.25, 0.3) is 0 Å². The average molecular weight is 253 g/mol. The van der Waals surface area contributed by atoms with Crippen LogP contribution in [0.3, 0.4) is 0 Å². The van der Waals surface area contributed by atoms with E-state index in [4.69, 9.17) is 0 Å². The first-order chi connectivity index (χ1) is 8.47. The molecule has 0 saturated heterocycles. The van der Waals surface area contributed by atoms with Crippen LogP contribution in [0.25, 0.3) is 0 Å². The molecule has 18 heavy (non-hydrogen) atoms. The van der Waals surface area contributed by atoms with Crippen LogP contribution in [0.5, 0.6) is 0 Å². The summed E-state index contributed by atoms with van der Waals surface area (Å²) in [6, 6.07) is 0. The lowest BCUT2D eigenvalue weighted by molar-refractivity contribution is -0.128. The van der Waals surface area contributed by atoms with Gasteiger partial charge in [-0.25, -0.2) is 0 Å². The first-order valence-corrected chi connectivity index (χ1v) is 7.72. The van der Waals surface area contributed by atoms with Crippen LogP contribution in [0.2, 0.25) is 0 Å². The third-order valence-electron chi connectivity index (χ3n) is 4.59. The van der Waals surface area contributed by atoms with Crippen LogP contribution in [0.4, 0.5) is 0 Å². The summed E-state index contributed by atoms with van der Waals surface area (Å²) in [6.07, 6.45) is 3.24. The van der Waals surface area contributed by atoms with Crippen molar-refractivity contribution in [1.29, 1.82) is 0 Å². The molecule has 2 heteroatoms. The van der Waals surface area contributed by atoms with Gasteiger partial charge in [0.2, 0.25) is 0 Å². The van der Waals surface area contributed by atoms with E-state index in [9.17, 15) is 4.79 Å². The van der Waals surface area contributed by atoms with Crippen LogP contribution in [-0.4, -0.2) is 30.3 Å². The smallest absolute Gasteiger partial charge is 0.137 e. The van der Waals surface area contributed by atoms with E-state index in [0.29, 0.717) is 17.6 Å². The fourth-order valence-electron chi connectivity index (χ4n) is 3.16. The van der Waals surface area contributed by atoms with Crippen molar-refractivity contribution in [3.05, 3.63) is 0 Å². The Labute approximate surface area is 113 Å². The molecule has 0 aromatic carbocycles. The molecule has 0 heterocycles. The number of nitrogens with zero attached hydrogens (tertiary/aromatic N) is 1. The van der Waals surface area contributed by atoms with E-state index in [-0.39, 0.29) is 5.92 Å². The van der Waals surface area contributed by atoms with Gasteiger partial charge in [0.05, 0.1) is 0 Å². The molecule has 0 spiro atoms. The quantitative estimate of drug-likeness (QED) is 0.721. The molecule has 4 atom stereocenters. The third kappa shape index (κ3) is 4.38. The topological polar surface area (TPSA) is 20.3 Å². The van der Waals surface area contributed by atoms with Crippen LogP contribution in [-0.2, 0) is 4.79 Å². The van der Waals surface area contributed by atoms with Gasteiger partial charge < -0.3 is 4.90 Å². The van der Waals surface area contributed by atoms with Gasteiger partial charge in [-0.05, 0) is 30.7 Å². The Morgan fingerprint density at radius 1 is 1.33 bits per heavy atom. The molecule has 0 radical (unpaired) electrons. The number of Topliss-reactive ketones (excluding diaryl/α,β-unsaturated/α-hetero) is 1. The van der Waals surface area contributed by atoms with Gasteiger partial charge >= 0.3 is 0 Å². The van der Waals surface area contributed by atoms with Crippen molar-refractivity contribution in [3.63, 3.8) is 0 Å². The minimum Gasteiger partial charge on any atom is -0.303 e. The Hall–Kier alpha value is -0.370. The number of ketones is 1. The predicted octanol–water partition coefficient (Wildman–Crippen LogP) is 3.61. The zero-order valence-corrected chi connectivity index (χ0v) is 12.9. The largest absolute Gasteiger partial charge is 0.303 e. The highest BCUT2D eigenvalue weighted by atomic mass is 16.1. The zero-order valence-electron chi connectivity index (χ0n) is 12.9. The minimum atomic E-state index is 0.283. The van der Waals surface area contributed by atoms with E-state index in [0.717, 1.165) is 32.0 Å². The second kappa shape index (κ2) is 7.28. The van der Waals surface area contributed by atoms with Crippen molar-refractivity contribution in [2.75, 3.05) is 19.6 Å². The summed E-state index contributed by atoms with van der Waals surface area (Å²) >= 11 is 0. The van der Waals surface area contributed by atoms with Crippen LogP contribution in [0.1, 0.15) is 53.9 Å². The lowest BCUT2D eigenvalue weighted by Crippen LogP contribution is -2.41. The van der Waals surface area contributed by atoms with Gasteiger partial charge in [-0.2, -0.15) is 0 Å². The van der Waals surface area contributed by atoms with Gasteiger partial charge in [-0.3, -0.25) is 4.79 Å². The maximum Gasteiger partial charge on any atom is 0.137 e. The van der Waals surface area contributed by atoms with Gasteiger partial charge in [-0.1, -0.05) is 41.0 Å². The molecule has 1 rings (SSSR count). The van der Waals surface area contributed by atoms with Gasteiger partial charge in [0.15, 0.2) is 0 Å². The summed E-state index contributed by atoms with van der Waals surface area (Å²) in [5, 5.41) is 0. The van der Waals surface area contributed by atoms with E-state index in [1.165, 1.54) is 12.8 Å². The molecule has 1 aliphatic carbocycles. The lowest BCUT2D eigenvalue weighted by atomic mass is 9.74. The van der Waals surface area contributed by atoms with Crippen molar-refractivity contribution in [2.45, 2.75) is 53.9 Å². The number of carbonyl (C=O) groups excluding carboxylic acids is 1. The van der Waals surface area contributed by atoms with Crippen LogP contribution in [0, 0.1) is 23.7 Å². The standard InChI is InChI=1S/C16H31NO/c1-6-12(3)10-17(7-2)11-15-14(5)8-13(4)9-16(15)18/h12-15H,6-11H2,1-5H3. The highest BCUT2D eigenvalue weighted by Gasteiger charge is 2.33. The molecule has 1 aliphatic rings. The van der Waals surface area contributed by atoms with Gasteiger partial charge in [-0.15, -0.1) is 0 Å². The number of hydrogen-bond acceptors (Lipinski definition) is 2. The van der Waals surface area contributed by atoms with E-state index in [2.05, 4.69) is 39.5 Å². The number of carbonyl (C=O) groups is 1. The summed E-state index contributed by atoms with van der Waals surface area (Å²) in [6.45, 7) is 14.4. The molecule has 1 fully saturated rings. The van der Waals surface area contributed by atoms with Crippen molar-refractivity contribution >= 4 is 5.78 Å². The molecule has 4 unspecified atom stereocenters. The minimum absolute atomic E-state index is 0.283. The van der Waals surface area contributed by atoms with Crippen molar-refractivity contribution in [1.82, 2.24) is 4.90 Å². The Kier molecular flexibility index (Phi) is 6.34. The molecule has 0 aromatic heterocycles. The molecular weight excluding hydrogens is 222 g/mol. The maximum absolute atomic E-state index is 12.2. The average Bonchev–Trinajstić information content (AvgIpc) is 2.31. The molecule has 0 amide bonds. The first kappa shape index (κ1) is 15.7. The number of rotatable bonds is 6. The summed E-state index contributed by atoms with van der Waals surface area (Å²) in [5.41, 5.74) is 0. The highest BCUT2D eigenvalue weighted by molar-refractivity contribution is 5.82. The molecule has 0 aliphatic heterocycles. The van der Waals surface area contributed by atoms with E-state index < -0.39 is 0 Å². The van der Waals surface area contributed by atoms with E-state index in [1.807, 2.05) is 0 Å². The summed E-state index contributed by atoms with van der Waals surface area (Å²) < 4.78 is 0. The SMILES string of the molecule is CCC(C)CN(CC)CC1C(=O)CC(C)CC1C. The summed E-state index contributed by atoms with van der Waals surface area (Å²) in [5.74, 6) is 2.67. The van der Waals surface area contributed by atoms with E-state index in [1.54, 1.807) is 0 Å². The monoisotopic (exact) mass is 253 g/mol. The van der Waals surface area contributed by atoms with Crippen LogP contribution >= 0.6 is 0 Å². The first-order valence-electron chi connectivity index (χ1n) is 7.72. The Morgan fingerprint density at radius 3 is 2.50 bits per heavy atom. The fraction of sp³-hybridized carbons (Fsp3) is 0.938. The van der Waals surface area contributed by atoms with Gasteiger partial charge in [0.1, 0.15) is 5.78 Å². The van der Waals surface area contributed by atoms with Gasteiger partial charge in [0, 0.05) is 25.4 Å². The normalized spacial score (nSPS) is 30.8. The van der Waals surface area contributed by atoms with Crippen LogP contribution < -0.4 is 0 Å². The molecule has 106 valence electrons. The second-order valence-corrected chi connectivity index (χ2v) is 6.46. The van der Waals surface area contributed by atoms with Crippen LogP contribution in [0.15, 0.2) is 0 Å². The maximum atomic E-state index is 12.2. The summed E-state index contributed by atoms with van der Waals surface area (Å²) in [4.78, 5) is 14.7. The fourth-order valence-corrected chi connectivity index (χ4v) is 3.16. The molecule has 0 aromatic rings. The van der Waals surface area contributed by atoms with Crippen molar-refractivity contribution < 1.29 is 4.79 Å². The third-order valence-corrected chi connectivity index (χ3v) is 4.59. The lowest BCUT2D eigenvalue weighted by Gasteiger charge is -2.35. The molecule has 2 nitrogen and oxygen atoms in total. The Morgan fingerprint density at radius 2 is 2.00 bits per heavy atom. The highest BCUT2D eigenvalue weighted by Crippen LogP contribution is 2.31. The second-order valence-electron chi connectivity index (χ2n) is 6.46.